The molecule has 0 bridgehead atoms. The van der Waals surface area contributed by atoms with Crippen molar-refractivity contribution in [3.05, 3.63) is 105 Å². The fourth-order valence-corrected chi connectivity index (χ4v) is 4.44. The van der Waals surface area contributed by atoms with Gasteiger partial charge in [0.15, 0.2) is 5.76 Å². The van der Waals surface area contributed by atoms with Gasteiger partial charge in [-0.3, -0.25) is 4.79 Å². The molecular formula is C25H22BrNO2S. The highest BCUT2D eigenvalue weighted by Crippen LogP contribution is 2.44. The number of halogens is 1. The molecule has 152 valence electrons. The van der Waals surface area contributed by atoms with Crippen molar-refractivity contribution in [2.24, 2.45) is 0 Å². The highest BCUT2D eigenvalue weighted by atomic mass is 79.9. The Morgan fingerprint density at radius 2 is 1.60 bits per heavy atom. The van der Waals surface area contributed by atoms with E-state index in [1.54, 1.807) is 16.7 Å². The molecule has 0 aromatic heterocycles. The van der Waals surface area contributed by atoms with Crippen LogP contribution in [0.3, 0.4) is 0 Å². The third kappa shape index (κ3) is 4.05. The molecule has 1 amide bonds. The lowest BCUT2D eigenvalue weighted by atomic mass is 9.93. The molecule has 1 aliphatic rings. The maximum Gasteiger partial charge on any atom is 0.290 e. The van der Waals surface area contributed by atoms with Gasteiger partial charge in [-0.2, -0.15) is 0 Å². The molecule has 30 heavy (non-hydrogen) atoms. The molecule has 0 aliphatic carbocycles. The molecule has 1 N–H and O–H groups in total. The van der Waals surface area contributed by atoms with Crippen molar-refractivity contribution in [2.45, 2.75) is 24.4 Å². The number of nitrogens with zero attached hydrogens (tertiary/aromatic N) is 1. The van der Waals surface area contributed by atoms with Crippen molar-refractivity contribution in [2.75, 3.05) is 6.26 Å². The lowest BCUT2D eigenvalue weighted by molar-refractivity contribution is -0.130. The van der Waals surface area contributed by atoms with E-state index < -0.39 is 0 Å². The molecule has 0 spiro atoms. The van der Waals surface area contributed by atoms with E-state index in [0.717, 1.165) is 26.7 Å². The molecule has 1 aliphatic heterocycles. The number of carbonyl (C=O) groups excluding carboxylic acids is 1. The third-order valence-corrected chi connectivity index (χ3v) is 6.64. The zero-order chi connectivity index (χ0) is 21.3. The number of hydrogen-bond acceptors (Lipinski definition) is 3. The Morgan fingerprint density at radius 1 is 0.967 bits per heavy atom. The Balaban J connectivity index is 1.77. The van der Waals surface area contributed by atoms with Crippen molar-refractivity contribution < 1.29 is 9.90 Å². The molecule has 3 aromatic rings. The molecule has 0 saturated heterocycles. The van der Waals surface area contributed by atoms with Crippen LogP contribution in [0.15, 0.2) is 87.9 Å². The number of benzene rings is 3. The number of aryl methyl sites for hydroxylation is 1. The monoisotopic (exact) mass is 479 g/mol. The highest BCUT2D eigenvalue weighted by molar-refractivity contribution is 9.10. The Kier molecular flexibility index (Phi) is 6.02. The van der Waals surface area contributed by atoms with Gasteiger partial charge in [0.25, 0.3) is 5.91 Å². The van der Waals surface area contributed by atoms with E-state index in [-0.39, 0.29) is 17.7 Å². The van der Waals surface area contributed by atoms with Crippen LogP contribution < -0.4 is 0 Å². The van der Waals surface area contributed by atoms with E-state index in [9.17, 15) is 9.90 Å². The summed E-state index contributed by atoms with van der Waals surface area (Å²) >= 11 is 5.17. The summed E-state index contributed by atoms with van der Waals surface area (Å²) < 4.78 is 0.972. The zero-order valence-corrected chi connectivity index (χ0v) is 19.2. The maximum atomic E-state index is 13.1. The van der Waals surface area contributed by atoms with Gasteiger partial charge < -0.3 is 10.0 Å². The lowest BCUT2D eigenvalue weighted by Crippen LogP contribution is -2.29. The van der Waals surface area contributed by atoms with Gasteiger partial charge in [0.05, 0.1) is 6.04 Å². The fourth-order valence-electron chi connectivity index (χ4n) is 3.76. The van der Waals surface area contributed by atoms with E-state index in [4.69, 9.17) is 0 Å². The van der Waals surface area contributed by atoms with Gasteiger partial charge in [0, 0.05) is 21.5 Å². The summed E-state index contributed by atoms with van der Waals surface area (Å²) in [4.78, 5) is 16.1. The number of rotatable bonds is 5. The smallest absolute Gasteiger partial charge is 0.290 e. The molecule has 1 atom stereocenters. The number of thioether (sulfide) groups is 1. The van der Waals surface area contributed by atoms with E-state index in [0.29, 0.717) is 12.1 Å². The first kappa shape index (κ1) is 20.8. The summed E-state index contributed by atoms with van der Waals surface area (Å²) in [5, 5.41) is 10.9. The number of aliphatic hydroxyl groups is 1. The van der Waals surface area contributed by atoms with E-state index in [1.165, 1.54) is 4.90 Å². The van der Waals surface area contributed by atoms with Crippen LogP contribution in [0.1, 0.15) is 28.3 Å². The summed E-state index contributed by atoms with van der Waals surface area (Å²) in [6, 6.07) is 23.7. The topological polar surface area (TPSA) is 40.5 Å². The Morgan fingerprint density at radius 3 is 2.20 bits per heavy atom. The molecule has 0 unspecified atom stereocenters. The zero-order valence-electron chi connectivity index (χ0n) is 16.8. The minimum absolute atomic E-state index is 0.174. The summed E-state index contributed by atoms with van der Waals surface area (Å²) in [7, 11) is 0. The number of aliphatic hydroxyl groups excluding tert-OH is 1. The molecule has 3 nitrogen and oxygen atoms in total. The first-order valence-corrected chi connectivity index (χ1v) is 11.7. The Bertz CT molecular complexity index is 1090. The van der Waals surface area contributed by atoms with Gasteiger partial charge in [-0.1, -0.05) is 70.0 Å². The van der Waals surface area contributed by atoms with Crippen LogP contribution in [0, 0.1) is 6.92 Å². The molecule has 0 radical (unpaired) electrons. The first-order valence-electron chi connectivity index (χ1n) is 9.67. The number of amides is 1. The fraction of sp³-hybridized carbons (Fsp3) is 0.160. The molecule has 0 saturated carbocycles. The molecule has 4 rings (SSSR count). The van der Waals surface area contributed by atoms with Crippen molar-refractivity contribution >= 4 is 39.2 Å². The van der Waals surface area contributed by atoms with Gasteiger partial charge in [-0.05, 0) is 54.1 Å². The standard InChI is InChI=1S/C25H22BrNO2S/c1-16-3-7-18(8-4-16)22-23(19-9-11-20(26)12-10-19)27(25(29)24(22)28)15-17-5-13-21(30-2)14-6-17/h3-14,23,28H,15H2,1-2H3/t23-/m0/s1. The van der Waals surface area contributed by atoms with Crippen molar-refractivity contribution in [1.29, 1.82) is 0 Å². The van der Waals surface area contributed by atoms with Crippen molar-refractivity contribution in [3.8, 4) is 0 Å². The predicted octanol–water partition coefficient (Wildman–Crippen LogP) is 6.53. The number of hydrogen-bond donors (Lipinski definition) is 1. The van der Waals surface area contributed by atoms with Crippen LogP contribution in [-0.4, -0.2) is 22.2 Å². The quantitative estimate of drug-likeness (QED) is 0.422. The van der Waals surface area contributed by atoms with Gasteiger partial charge in [0.1, 0.15) is 0 Å². The van der Waals surface area contributed by atoms with Crippen LogP contribution in [0.2, 0.25) is 0 Å². The maximum absolute atomic E-state index is 13.1. The molecule has 1 heterocycles. The Labute approximate surface area is 189 Å². The third-order valence-electron chi connectivity index (χ3n) is 5.36. The highest BCUT2D eigenvalue weighted by Gasteiger charge is 2.40. The molecule has 5 heteroatoms. The van der Waals surface area contributed by atoms with Crippen molar-refractivity contribution in [1.82, 2.24) is 4.90 Å². The number of carbonyl (C=O) groups is 1. The average molecular weight is 480 g/mol. The van der Waals surface area contributed by atoms with E-state index >= 15 is 0 Å². The largest absolute Gasteiger partial charge is 0.503 e. The van der Waals surface area contributed by atoms with Gasteiger partial charge in [0.2, 0.25) is 0 Å². The van der Waals surface area contributed by atoms with Gasteiger partial charge >= 0.3 is 0 Å². The van der Waals surface area contributed by atoms with Crippen LogP contribution in [0.25, 0.3) is 5.57 Å². The molecular weight excluding hydrogens is 458 g/mol. The van der Waals surface area contributed by atoms with E-state index in [2.05, 4.69) is 28.1 Å². The normalized spacial score (nSPS) is 16.4. The van der Waals surface area contributed by atoms with Gasteiger partial charge in [-0.15, -0.1) is 11.8 Å². The summed E-state index contributed by atoms with van der Waals surface area (Å²) in [5.41, 5.74) is 4.64. The summed E-state index contributed by atoms with van der Waals surface area (Å²) in [6.07, 6.45) is 2.04. The molecule has 3 aromatic carbocycles. The summed E-state index contributed by atoms with van der Waals surface area (Å²) in [6.45, 7) is 2.45. The van der Waals surface area contributed by atoms with Crippen LogP contribution in [0.5, 0.6) is 0 Å². The van der Waals surface area contributed by atoms with E-state index in [1.807, 2.05) is 73.8 Å². The average Bonchev–Trinajstić information content (AvgIpc) is 3.00. The van der Waals surface area contributed by atoms with Crippen LogP contribution in [-0.2, 0) is 11.3 Å². The van der Waals surface area contributed by atoms with Gasteiger partial charge in [-0.25, -0.2) is 0 Å². The second-order valence-corrected chi connectivity index (χ2v) is 9.16. The second kappa shape index (κ2) is 8.70. The minimum atomic E-state index is -0.353. The van der Waals surface area contributed by atoms with Crippen LogP contribution >= 0.6 is 27.7 Å². The van der Waals surface area contributed by atoms with Crippen LogP contribution in [0.4, 0.5) is 0 Å². The first-order chi connectivity index (χ1) is 14.5. The lowest BCUT2D eigenvalue weighted by Gasteiger charge is -2.27. The summed E-state index contributed by atoms with van der Waals surface area (Å²) in [5.74, 6) is -0.514. The predicted molar refractivity (Wildman–Crippen MR) is 126 cm³/mol. The minimum Gasteiger partial charge on any atom is -0.503 e. The second-order valence-electron chi connectivity index (χ2n) is 7.36. The SMILES string of the molecule is CSc1ccc(CN2C(=O)C(O)=C(c3ccc(C)cc3)[C@@H]2c2ccc(Br)cc2)cc1. The van der Waals surface area contributed by atoms with Crippen molar-refractivity contribution in [3.63, 3.8) is 0 Å². The Hall–Kier alpha value is -2.50. The molecule has 0 fully saturated rings.